The molecule has 0 bridgehead atoms. The largest absolute Gasteiger partial charge is 0.504 e. The van der Waals surface area contributed by atoms with Crippen molar-refractivity contribution in [1.82, 2.24) is 0 Å². The van der Waals surface area contributed by atoms with Gasteiger partial charge >= 0.3 is 0 Å². The number of ether oxygens (including phenoxy) is 1. The fraction of sp³-hybridized carbons (Fsp3) is 0.600. The highest BCUT2D eigenvalue weighted by Crippen LogP contribution is 2.39. The number of methoxy groups -OCH3 is 1. The Kier molecular flexibility index (Phi) is 5.33. The average Bonchev–Trinajstić information content (AvgIpc) is 2.30. The van der Waals surface area contributed by atoms with Crippen molar-refractivity contribution in [2.75, 3.05) is 7.11 Å². The Balaban J connectivity index is 3.18. The van der Waals surface area contributed by atoms with Gasteiger partial charge < -0.3 is 9.84 Å². The molecule has 0 fully saturated rings. The fourth-order valence-electron chi connectivity index (χ4n) is 2.41. The molecular weight excluding hydrogens is 212 g/mol. The van der Waals surface area contributed by atoms with Crippen LogP contribution in [0.3, 0.4) is 0 Å². The van der Waals surface area contributed by atoms with E-state index in [1.54, 1.807) is 7.11 Å². The molecule has 0 aromatic heterocycles. The summed E-state index contributed by atoms with van der Waals surface area (Å²) in [7, 11) is 1.60. The lowest BCUT2D eigenvalue weighted by molar-refractivity contribution is 0.367. The van der Waals surface area contributed by atoms with E-state index in [0.717, 1.165) is 31.2 Å². The lowest BCUT2D eigenvalue weighted by atomic mass is 9.89. The maximum Gasteiger partial charge on any atom is 0.161 e. The molecule has 0 amide bonds. The molecule has 1 unspecified atom stereocenters. The van der Waals surface area contributed by atoms with Crippen LogP contribution < -0.4 is 4.74 Å². The highest BCUT2D eigenvalue weighted by atomic mass is 16.5. The third kappa shape index (κ3) is 3.15. The second-order valence-electron chi connectivity index (χ2n) is 4.63. The Bertz CT molecular complexity index is 358. The third-order valence-corrected chi connectivity index (χ3v) is 3.22. The van der Waals surface area contributed by atoms with Gasteiger partial charge in [0.2, 0.25) is 0 Å². The highest BCUT2D eigenvalue weighted by Gasteiger charge is 2.17. The molecular formula is C15H24O2. The first-order chi connectivity index (χ1) is 8.15. The van der Waals surface area contributed by atoms with Gasteiger partial charge in [-0.05, 0) is 30.4 Å². The molecule has 1 rings (SSSR count). The summed E-state index contributed by atoms with van der Waals surface area (Å²) < 4.78 is 5.20. The Morgan fingerprint density at radius 2 is 1.94 bits per heavy atom. The normalized spacial score (nSPS) is 12.5. The summed E-state index contributed by atoms with van der Waals surface area (Å²) in [4.78, 5) is 0. The van der Waals surface area contributed by atoms with Crippen LogP contribution in [0.25, 0.3) is 0 Å². The van der Waals surface area contributed by atoms with E-state index >= 15 is 0 Å². The molecule has 0 saturated carbocycles. The first-order valence-corrected chi connectivity index (χ1v) is 6.54. The molecule has 2 nitrogen and oxygen atoms in total. The molecule has 0 aliphatic carbocycles. The number of rotatable bonds is 6. The van der Waals surface area contributed by atoms with Crippen molar-refractivity contribution >= 4 is 0 Å². The Hall–Kier alpha value is -1.18. The van der Waals surface area contributed by atoms with E-state index < -0.39 is 0 Å². The SMILES string of the molecule is CCCc1ccc(OC)c(O)c1C(C)CCC. The van der Waals surface area contributed by atoms with Crippen LogP contribution in [-0.4, -0.2) is 12.2 Å². The van der Waals surface area contributed by atoms with Crippen molar-refractivity contribution in [2.24, 2.45) is 0 Å². The minimum absolute atomic E-state index is 0.333. The van der Waals surface area contributed by atoms with Gasteiger partial charge in [0.1, 0.15) is 0 Å². The third-order valence-electron chi connectivity index (χ3n) is 3.22. The van der Waals surface area contributed by atoms with E-state index in [2.05, 4.69) is 26.8 Å². The van der Waals surface area contributed by atoms with E-state index in [9.17, 15) is 5.11 Å². The summed E-state index contributed by atoms with van der Waals surface area (Å²) in [6.07, 6.45) is 4.33. The minimum atomic E-state index is 0.333. The summed E-state index contributed by atoms with van der Waals surface area (Å²) in [6.45, 7) is 6.51. The van der Waals surface area contributed by atoms with Gasteiger partial charge in [-0.25, -0.2) is 0 Å². The van der Waals surface area contributed by atoms with Gasteiger partial charge in [0.05, 0.1) is 7.11 Å². The molecule has 0 aliphatic rings. The zero-order chi connectivity index (χ0) is 12.8. The predicted octanol–water partition coefficient (Wildman–Crippen LogP) is 4.26. The van der Waals surface area contributed by atoms with Crippen LogP contribution in [0.15, 0.2) is 12.1 Å². The molecule has 2 heteroatoms. The zero-order valence-corrected chi connectivity index (χ0v) is 11.4. The zero-order valence-electron chi connectivity index (χ0n) is 11.4. The van der Waals surface area contributed by atoms with E-state index in [1.807, 2.05) is 6.07 Å². The number of aromatic hydroxyl groups is 1. The molecule has 0 aliphatic heterocycles. The number of phenolic OH excluding ortho intramolecular Hbond substituents is 1. The van der Waals surface area contributed by atoms with Crippen molar-refractivity contribution in [2.45, 2.75) is 52.4 Å². The van der Waals surface area contributed by atoms with E-state index in [4.69, 9.17) is 4.74 Å². The smallest absolute Gasteiger partial charge is 0.161 e. The van der Waals surface area contributed by atoms with Crippen LogP contribution in [0.1, 0.15) is 57.1 Å². The van der Waals surface area contributed by atoms with Crippen LogP contribution in [0, 0.1) is 0 Å². The Morgan fingerprint density at radius 3 is 2.47 bits per heavy atom. The maximum atomic E-state index is 10.3. The monoisotopic (exact) mass is 236 g/mol. The summed E-state index contributed by atoms with van der Waals surface area (Å²) in [5.41, 5.74) is 2.33. The lowest BCUT2D eigenvalue weighted by Gasteiger charge is -2.19. The highest BCUT2D eigenvalue weighted by molar-refractivity contribution is 5.51. The summed E-state index contributed by atoms with van der Waals surface area (Å²) >= 11 is 0. The summed E-state index contributed by atoms with van der Waals surface area (Å²) in [6, 6.07) is 3.95. The average molecular weight is 236 g/mol. The summed E-state index contributed by atoms with van der Waals surface area (Å²) in [5, 5.41) is 10.3. The second kappa shape index (κ2) is 6.53. The Morgan fingerprint density at radius 1 is 1.24 bits per heavy atom. The first-order valence-electron chi connectivity index (χ1n) is 6.54. The number of hydrogen-bond acceptors (Lipinski definition) is 2. The van der Waals surface area contributed by atoms with Gasteiger partial charge in [0.15, 0.2) is 11.5 Å². The number of aryl methyl sites for hydroxylation is 1. The van der Waals surface area contributed by atoms with Gasteiger partial charge in [-0.15, -0.1) is 0 Å². The van der Waals surface area contributed by atoms with Gasteiger partial charge in [-0.1, -0.05) is 39.7 Å². The number of benzene rings is 1. The minimum Gasteiger partial charge on any atom is -0.504 e. The topological polar surface area (TPSA) is 29.5 Å². The van der Waals surface area contributed by atoms with Gasteiger partial charge in [-0.3, -0.25) is 0 Å². The van der Waals surface area contributed by atoms with Crippen molar-refractivity contribution in [1.29, 1.82) is 0 Å². The van der Waals surface area contributed by atoms with Crippen LogP contribution in [0.5, 0.6) is 11.5 Å². The van der Waals surface area contributed by atoms with Gasteiger partial charge in [0.25, 0.3) is 0 Å². The maximum absolute atomic E-state index is 10.3. The van der Waals surface area contributed by atoms with Crippen molar-refractivity contribution in [3.63, 3.8) is 0 Å². The molecule has 0 spiro atoms. The van der Waals surface area contributed by atoms with Gasteiger partial charge in [0, 0.05) is 5.56 Å². The molecule has 1 aromatic carbocycles. The fourth-order valence-corrected chi connectivity index (χ4v) is 2.41. The standard InChI is InChI=1S/C15H24O2/c1-5-7-11(3)14-12(8-6-2)9-10-13(17-4)15(14)16/h9-11,16H,5-8H2,1-4H3. The molecule has 0 saturated heterocycles. The van der Waals surface area contributed by atoms with Crippen molar-refractivity contribution in [3.05, 3.63) is 23.3 Å². The molecule has 0 radical (unpaired) electrons. The van der Waals surface area contributed by atoms with E-state index in [-0.39, 0.29) is 0 Å². The molecule has 1 aromatic rings. The predicted molar refractivity (Wildman–Crippen MR) is 72.0 cm³/mol. The molecule has 96 valence electrons. The second-order valence-corrected chi connectivity index (χ2v) is 4.63. The van der Waals surface area contributed by atoms with Crippen LogP contribution >= 0.6 is 0 Å². The van der Waals surface area contributed by atoms with Crippen LogP contribution in [0.4, 0.5) is 0 Å². The van der Waals surface area contributed by atoms with Crippen molar-refractivity contribution in [3.8, 4) is 11.5 Å². The van der Waals surface area contributed by atoms with Crippen LogP contribution in [0.2, 0.25) is 0 Å². The molecule has 0 heterocycles. The number of phenols is 1. The Labute approximate surface area is 105 Å². The molecule has 17 heavy (non-hydrogen) atoms. The number of hydrogen-bond donors (Lipinski definition) is 1. The molecule has 1 atom stereocenters. The van der Waals surface area contributed by atoms with E-state index in [1.165, 1.54) is 5.56 Å². The molecule has 1 N–H and O–H groups in total. The van der Waals surface area contributed by atoms with Crippen LogP contribution in [-0.2, 0) is 6.42 Å². The quantitative estimate of drug-likeness (QED) is 0.799. The van der Waals surface area contributed by atoms with E-state index in [0.29, 0.717) is 17.4 Å². The van der Waals surface area contributed by atoms with Gasteiger partial charge in [-0.2, -0.15) is 0 Å². The summed E-state index contributed by atoms with van der Waals surface area (Å²) in [5.74, 6) is 1.30. The van der Waals surface area contributed by atoms with Crippen molar-refractivity contribution < 1.29 is 9.84 Å². The first kappa shape index (κ1) is 13.9. The lowest BCUT2D eigenvalue weighted by Crippen LogP contribution is -2.01.